The number of carbonyl (C=O) groups excluding carboxylic acids is 2. The van der Waals surface area contributed by atoms with Crippen molar-refractivity contribution in [3.8, 4) is 17.1 Å². The first-order valence-electron chi connectivity index (χ1n) is 13.5. The molecule has 2 aliphatic rings. The van der Waals surface area contributed by atoms with Gasteiger partial charge in [0.2, 0.25) is 23.6 Å². The van der Waals surface area contributed by atoms with E-state index in [1.165, 1.54) is 0 Å². The molecule has 1 saturated carbocycles. The minimum atomic E-state index is -1.03. The molecule has 0 radical (unpaired) electrons. The summed E-state index contributed by atoms with van der Waals surface area (Å²) in [5.74, 6) is -0.864. The number of ether oxygens (including phenoxy) is 1. The summed E-state index contributed by atoms with van der Waals surface area (Å²) >= 11 is 0. The van der Waals surface area contributed by atoms with Crippen molar-refractivity contribution >= 4 is 17.8 Å². The van der Waals surface area contributed by atoms with Gasteiger partial charge in [-0.25, -0.2) is 18.7 Å². The van der Waals surface area contributed by atoms with Gasteiger partial charge in [0, 0.05) is 56.5 Å². The molecule has 2 aromatic heterocycles. The first-order chi connectivity index (χ1) is 19.4. The maximum atomic E-state index is 14.4. The topological polar surface area (TPSA) is 149 Å². The Morgan fingerprint density at radius 2 is 1.80 bits per heavy atom. The molecule has 1 aliphatic heterocycles. The van der Waals surface area contributed by atoms with Crippen molar-refractivity contribution < 1.29 is 27.6 Å². The number of primary amides is 1. The molecule has 5 rings (SSSR count). The van der Waals surface area contributed by atoms with Crippen molar-refractivity contribution in [2.75, 3.05) is 31.1 Å². The van der Waals surface area contributed by atoms with E-state index in [1.807, 2.05) is 0 Å². The Balaban J connectivity index is 1.03. The fourth-order valence-electron chi connectivity index (χ4n) is 4.67. The first kappa shape index (κ1) is 27.4. The van der Waals surface area contributed by atoms with Crippen LogP contribution in [-0.2, 0) is 4.79 Å². The number of carbonyl (C=O) groups is 2. The fourth-order valence-corrected chi connectivity index (χ4v) is 4.67. The monoisotopic (exact) mass is 555 g/mol. The van der Waals surface area contributed by atoms with Crippen molar-refractivity contribution in [3.05, 3.63) is 47.6 Å². The smallest absolute Gasteiger partial charge is 0.257 e. The predicted molar refractivity (Wildman–Crippen MR) is 139 cm³/mol. The van der Waals surface area contributed by atoms with Crippen molar-refractivity contribution in [3.63, 3.8) is 0 Å². The molecule has 0 spiro atoms. The number of nitrogens with one attached hydrogen (secondary N) is 1. The summed E-state index contributed by atoms with van der Waals surface area (Å²) in [5.41, 5.74) is 5.00. The Morgan fingerprint density at radius 1 is 1.10 bits per heavy atom. The summed E-state index contributed by atoms with van der Waals surface area (Å²) in [6, 6.07) is 1.97. The van der Waals surface area contributed by atoms with Crippen LogP contribution in [0.15, 0.2) is 29.0 Å². The number of rotatable bonds is 12. The predicted octanol–water partition coefficient (Wildman–Crippen LogP) is 3.36. The minimum absolute atomic E-state index is 0.0173. The number of benzene rings is 1. The number of piperidine rings is 1. The Kier molecular flexibility index (Phi) is 8.46. The van der Waals surface area contributed by atoms with Gasteiger partial charge in [-0.2, -0.15) is 4.98 Å². The molecule has 2 amide bonds. The second-order valence-corrected chi connectivity index (χ2v) is 10.2. The number of aromatic nitrogens is 4. The molecule has 212 valence electrons. The van der Waals surface area contributed by atoms with E-state index >= 15 is 0 Å². The second kappa shape index (κ2) is 12.3. The lowest BCUT2D eigenvalue weighted by molar-refractivity contribution is -0.117. The minimum Gasteiger partial charge on any atom is -0.493 e. The van der Waals surface area contributed by atoms with Crippen LogP contribution in [-0.4, -0.2) is 58.2 Å². The van der Waals surface area contributed by atoms with E-state index in [9.17, 15) is 18.4 Å². The summed E-state index contributed by atoms with van der Waals surface area (Å²) < 4.78 is 39.6. The molecular weight excluding hydrogens is 524 g/mol. The van der Waals surface area contributed by atoms with Crippen molar-refractivity contribution in [1.82, 2.24) is 25.4 Å². The summed E-state index contributed by atoms with van der Waals surface area (Å²) in [7, 11) is 0. The zero-order valence-corrected chi connectivity index (χ0v) is 21.9. The summed E-state index contributed by atoms with van der Waals surface area (Å²) in [4.78, 5) is 38.4. The largest absolute Gasteiger partial charge is 0.493 e. The number of hydrogen-bond acceptors (Lipinski definition) is 9. The summed E-state index contributed by atoms with van der Waals surface area (Å²) in [6.07, 6.45) is 9.11. The van der Waals surface area contributed by atoms with Crippen molar-refractivity contribution in [2.24, 2.45) is 11.7 Å². The fraction of sp³-hybridized carbons (Fsp3) is 0.481. The van der Waals surface area contributed by atoms with Crippen LogP contribution in [0.5, 0.6) is 5.75 Å². The van der Waals surface area contributed by atoms with Gasteiger partial charge in [-0.1, -0.05) is 5.16 Å². The van der Waals surface area contributed by atoms with Crippen LogP contribution in [0.25, 0.3) is 11.4 Å². The highest BCUT2D eigenvalue weighted by Gasteiger charge is 2.30. The molecule has 1 aliphatic carbocycles. The number of nitrogens with zero attached hydrogens (tertiary/aromatic N) is 5. The van der Waals surface area contributed by atoms with Crippen molar-refractivity contribution in [2.45, 2.75) is 50.9 Å². The van der Waals surface area contributed by atoms with Crippen LogP contribution in [0.1, 0.15) is 67.1 Å². The van der Waals surface area contributed by atoms with E-state index in [0.717, 1.165) is 69.3 Å². The number of halogens is 2. The van der Waals surface area contributed by atoms with E-state index in [2.05, 4.69) is 30.3 Å². The van der Waals surface area contributed by atoms with E-state index in [0.29, 0.717) is 36.1 Å². The molecule has 0 bridgehead atoms. The maximum Gasteiger partial charge on any atom is 0.257 e. The number of hydrogen-bond donors (Lipinski definition) is 2. The Morgan fingerprint density at radius 3 is 2.45 bits per heavy atom. The normalized spacial score (nSPS) is 15.7. The standard InChI is InChI=1S/C27H31F2N7O4/c28-20-12-19(13-21(29)23(20)25(38)31-8-5-22(30)37)39-11-1-2-16-6-9-36(10-7-16)27-32-14-18(15-33-27)24-34-26(40-35-24)17-3-4-17/h12-17H,1-11H2,(H2,30,37)(H,31,38). The second-order valence-electron chi connectivity index (χ2n) is 10.2. The Bertz CT molecular complexity index is 1320. The van der Waals surface area contributed by atoms with Crippen LogP contribution in [0.3, 0.4) is 0 Å². The third-order valence-corrected chi connectivity index (χ3v) is 7.09. The molecular formula is C27H31F2N7O4. The lowest BCUT2D eigenvalue weighted by atomic mass is 9.92. The summed E-state index contributed by atoms with van der Waals surface area (Å²) in [5, 5.41) is 6.30. The van der Waals surface area contributed by atoms with Gasteiger partial charge in [-0.05, 0) is 44.4 Å². The highest BCUT2D eigenvalue weighted by molar-refractivity contribution is 5.95. The molecule has 1 aromatic carbocycles. The zero-order chi connectivity index (χ0) is 28.1. The number of nitrogens with two attached hydrogens (primary N) is 1. The average molecular weight is 556 g/mol. The molecule has 40 heavy (non-hydrogen) atoms. The maximum absolute atomic E-state index is 14.4. The molecule has 3 aromatic rings. The number of amides is 2. The quantitative estimate of drug-likeness (QED) is 0.321. The van der Waals surface area contributed by atoms with E-state index in [-0.39, 0.29) is 18.7 Å². The van der Waals surface area contributed by atoms with E-state index in [1.54, 1.807) is 12.4 Å². The van der Waals surface area contributed by atoms with Crippen LogP contribution >= 0.6 is 0 Å². The van der Waals surface area contributed by atoms with Gasteiger partial charge in [0.1, 0.15) is 22.9 Å². The van der Waals surface area contributed by atoms with Crippen LogP contribution in [0, 0.1) is 17.6 Å². The van der Waals surface area contributed by atoms with Crippen LogP contribution in [0.2, 0.25) is 0 Å². The van der Waals surface area contributed by atoms with Gasteiger partial charge < -0.3 is 25.2 Å². The van der Waals surface area contributed by atoms with Crippen LogP contribution < -0.4 is 20.7 Å². The van der Waals surface area contributed by atoms with Gasteiger partial charge in [0.15, 0.2) is 0 Å². The van der Waals surface area contributed by atoms with Crippen LogP contribution in [0.4, 0.5) is 14.7 Å². The Hall–Kier alpha value is -4.16. The van der Waals surface area contributed by atoms with Gasteiger partial charge >= 0.3 is 0 Å². The van der Waals surface area contributed by atoms with Gasteiger partial charge in [0.25, 0.3) is 5.91 Å². The molecule has 11 nitrogen and oxygen atoms in total. The SMILES string of the molecule is NC(=O)CCNC(=O)c1c(F)cc(OCCCC2CCN(c3ncc(-c4noc(C5CC5)n4)cn3)CC2)cc1F. The highest BCUT2D eigenvalue weighted by Crippen LogP contribution is 2.39. The molecule has 2 fully saturated rings. The van der Waals surface area contributed by atoms with Crippen molar-refractivity contribution in [1.29, 1.82) is 0 Å². The summed E-state index contributed by atoms with van der Waals surface area (Å²) in [6.45, 7) is 1.86. The lowest BCUT2D eigenvalue weighted by Gasteiger charge is -2.32. The van der Waals surface area contributed by atoms with E-state index in [4.69, 9.17) is 15.0 Å². The molecule has 3 heterocycles. The molecule has 13 heteroatoms. The molecule has 3 N–H and O–H groups in total. The molecule has 0 atom stereocenters. The van der Waals surface area contributed by atoms with Gasteiger partial charge in [0.05, 0.1) is 12.2 Å². The zero-order valence-electron chi connectivity index (χ0n) is 21.9. The third kappa shape index (κ3) is 6.88. The first-order valence-corrected chi connectivity index (χ1v) is 13.5. The van der Waals surface area contributed by atoms with Gasteiger partial charge in [-0.15, -0.1) is 0 Å². The number of anilines is 1. The molecule has 1 saturated heterocycles. The van der Waals surface area contributed by atoms with Gasteiger partial charge in [-0.3, -0.25) is 9.59 Å². The van der Waals surface area contributed by atoms with E-state index < -0.39 is 29.0 Å². The third-order valence-electron chi connectivity index (χ3n) is 7.09. The molecule has 0 unspecified atom stereocenters. The average Bonchev–Trinajstić information content (AvgIpc) is 3.67. The lowest BCUT2D eigenvalue weighted by Crippen LogP contribution is -2.34. The Labute approximate surface area is 229 Å². The highest BCUT2D eigenvalue weighted by atomic mass is 19.1.